The second-order valence-electron chi connectivity index (χ2n) is 5.27. The van der Waals surface area contributed by atoms with Crippen LogP contribution in [0.5, 0.6) is 0 Å². The number of benzene rings is 1. The molecule has 0 aliphatic rings. The third-order valence-electron chi connectivity index (χ3n) is 2.56. The zero-order chi connectivity index (χ0) is 15.6. The number of halogens is 2. The molecule has 0 fully saturated rings. The van der Waals surface area contributed by atoms with Crippen molar-refractivity contribution in [2.75, 3.05) is 0 Å². The molecule has 7 heteroatoms. The van der Waals surface area contributed by atoms with Crippen molar-refractivity contribution in [2.45, 2.75) is 37.5 Å². The van der Waals surface area contributed by atoms with Gasteiger partial charge in [0.25, 0.3) is 0 Å². The summed E-state index contributed by atoms with van der Waals surface area (Å²) in [6, 6.07) is 5.54. The van der Waals surface area contributed by atoms with Crippen LogP contribution in [0.15, 0.2) is 30.3 Å². The highest BCUT2D eigenvalue weighted by atomic mass is 32.2. The fraction of sp³-hybridized carbons (Fsp3) is 0.462. The molecule has 2 N–H and O–H groups in total. The van der Waals surface area contributed by atoms with Crippen LogP contribution in [0.25, 0.3) is 0 Å². The summed E-state index contributed by atoms with van der Waals surface area (Å²) in [5.74, 6) is -6.33. The van der Waals surface area contributed by atoms with Crippen LogP contribution in [0, 0.1) is 0 Å². The summed E-state index contributed by atoms with van der Waals surface area (Å²) < 4.78 is 41.1. The molecule has 1 aromatic carbocycles. The summed E-state index contributed by atoms with van der Waals surface area (Å²) in [5.41, 5.74) is 0.0671. The molecular weight excluding hydrogens is 288 g/mol. The Morgan fingerprint density at radius 2 is 1.75 bits per heavy atom. The Balaban J connectivity index is 3.17. The Labute approximate surface area is 118 Å². The lowest BCUT2D eigenvalue weighted by Gasteiger charge is -2.28. The van der Waals surface area contributed by atoms with E-state index >= 15 is 0 Å². The van der Waals surface area contributed by atoms with Crippen LogP contribution in [0.2, 0.25) is 0 Å². The Morgan fingerprint density at radius 1 is 1.25 bits per heavy atom. The first-order valence-electron chi connectivity index (χ1n) is 5.91. The quantitative estimate of drug-likeness (QED) is 0.878. The van der Waals surface area contributed by atoms with Gasteiger partial charge in [-0.25, -0.2) is 13.7 Å². The van der Waals surface area contributed by atoms with Gasteiger partial charge >= 0.3 is 11.9 Å². The van der Waals surface area contributed by atoms with E-state index < -0.39 is 33.7 Å². The lowest BCUT2D eigenvalue weighted by molar-refractivity contribution is -0.168. The largest absolute Gasteiger partial charge is 0.477 e. The maximum absolute atomic E-state index is 13.8. The molecule has 20 heavy (non-hydrogen) atoms. The first kappa shape index (κ1) is 16.7. The summed E-state index contributed by atoms with van der Waals surface area (Å²) in [7, 11) is -1.82. The first-order valence-corrected chi connectivity index (χ1v) is 7.06. The third kappa shape index (κ3) is 3.83. The first-order chi connectivity index (χ1) is 9.06. The van der Waals surface area contributed by atoms with Crippen molar-refractivity contribution in [1.29, 1.82) is 0 Å². The van der Waals surface area contributed by atoms with E-state index in [1.165, 1.54) is 24.3 Å². The maximum atomic E-state index is 13.8. The number of alkyl halides is 2. The summed E-state index contributed by atoms with van der Waals surface area (Å²) in [6.07, 6.45) is 0. The van der Waals surface area contributed by atoms with Crippen LogP contribution >= 0.6 is 0 Å². The Bertz CT molecular complexity index is 500. The normalized spacial score (nSPS) is 15.7. The maximum Gasteiger partial charge on any atom is 0.376 e. The number of carboxylic acid groups (broad SMARTS) is 1. The van der Waals surface area contributed by atoms with Crippen molar-refractivity contribution >= 4 is 17.0 Å². The summed E-state index contributed by atoms with van der Waals surface area (Å²) in [5, 5.41) is 8.70. The number of carbonyl (C=O) groups is 1. The fourth-order valence-corrected chi connectivity index (χ4v) is 2.26. The van der Waals surface area contributed by atoms with Crippen molar-refractivity contribution < 1.29 is 22.9 Å². The van der Waals surface area contributed by atoms with Crippen molar-refractivity contribution in [3.63, 3.8) is 0 Å². The Hall–Kier alpha value is -1.34. The summed E-state index contributed by atoms with van der Waals surface area (Å²) in [6.45, 7) is 4.82. The molecule has 0 saturated heterocycles. The van der Waals surface area contributed by atoms with Gasteiger partial charge in [0.1, 0.15) is 6.04 Å². The highest BCUT2D eigenvalue weighted by molar-refractivity contribution is 7.84. The topological polar surface area (TPSA) is 66.4 Å². The highest BCUT2D eigenvalue weighted by Crippen LogP contribution is 2.32. The van der Waals surface area contributed by atoms with Gasteiger partial charge < -0.3 is 5.11 Å². The van der Waals surface area contributed by atoms with E-state index in [1.807, 2.05) is 0 Å². The standard InChI is InChI=1S/C13H17F2NO3S/c1-12(2,3)20(19)16-10(13(14,15)11(17)18)9-7-5-4-6-8-9/h4-8,10,16H,1-3H3,(H,17,18)/t10-,20-/m1/s1. The predicted octanol–water partition coefficient (Wildman–Crippen LogP) is 2.50. The zero-order valence-electron chi connectivity index (χ0n) is 11.4. The minimum absolute atomic E-state index is 0.0671. The summed E-state index contributed by atoms with van der Waals surface area (Å²) >= 11 is 0. The average molecular weight is 305 g/mol. The molecule has 0 spiro atoms. The molecule has 0 aromatic heterocycles. The molecule has 0 saturated carbocycles. The van der Waals surface area contributed by atoms with Crippen LogP contribution in [-0.4, -0.2) is 26.0 Å². The van der Waals surface area contributed by atoms with Gasteiger partial charge in [0.2, 0.25) is 0 Å². The number of hydrogen-bond acceptors (Lipinski definition) is 2. The van der Waals surface area contributed by atoms with E-state index in [0.717, 1.165) is 0 Å². The molecule has 0 amide bonds. The Kier molecular flexibility index (Phi) is 4.99. The van der Waals surface area contributed by atoms with E-state index in [4.69, 9.17) is 5.11 Å². The van der Waals surface area contributed by atoms with Gasteiger partial charge in [0.05, 0.1) is 15.7 Å². The van der Waals surface area contributed by atoms with Crippen LogP contribution < -0.4 is 4.72 Å². The van der Waals surface area contributed by atoms with Crippen molar-refractivity contribution in [1.82, 2.24) is 4.72 Å². The van der Waals surface area contributed by atoms with Gasteiger partial charge in [-0.1, -0.05) is 30.3 Å². The third-order valence-corrected chi connectivity index (χ3v) is 4.12. The van der Waals surface area contributed by atoms with E-state index in [9.17, 15) is 17.8 Å². The molecule has 112 valence electrons. The molecule has 1 rings (SSSR count). The molecular formula is C13H17F2NO3S. The number of aliphatic carboxylic acids is 1. The van der Waals surface area contributed by atoms with Gasteiger partial charge in [-0.15, -0.1) is 0 Å². The van der Waals surface area contributed by atoms with E-state index in [0.29, 0.717) is 0 Å². The number of nitrogens with one attached hydrogen (secondary N) is 1. The lowest BCUT2D eigenvalue weighted by Crippen LogP contribution is -2.47. The average Bonchev–Trinajstić information content (AvgIpc) is 2.35. The second-order valence-corrected chi connectivity index (χ2v) is 7.27. The van der Waals surface area contributed by atoms with Crippen LogP contribution in [0.3, 0.4) is 0 Å². The van der Waals surface area contributed by atoms with Crippen molar-refractivity contribution in [3.05, 3.63) is 35.9 Å². The van der Waals surface area contributed by atoms with Gasteiger partial charge in [0, 0.05) is 0 Å². The van der Waals surface area contributed by atoms with Gasteiger partial charge in [-0.05, 0) is 26.3 Å². The second kappa shape index (κ2) is 5.97. The van der Waals surface area contributed by atoms with Crippen LogP contribution in [-0.2, 0) is 15.8 Å². The lowest BCUT2D eigenvalue weighted by atomic mass is 10.0. The molecule has 0 unspecified atom stereocenters. The van der Waals surface area contributed by atoms with Crippen LogP contribution in [0.4, 0.5) is 8.78 Å². The Morgan fingerprint density at radius 3 is 2.15 bits per heavy atom. The van der Waals surface area contributed by atoms with Crippen molar-refractivity contribution in [2.24, 2.45) is 0 Å². The molecule has 0 aliphatic heterocycles. The molecule has 0 bridgehead atoms. The number of hydrogen-bond donors (Lipinski definition) is 2. The van der Waals surface area contributed by atoms with Gasteiger partial charge in [-0.3, -0.25) is 0 Å². The minimum atomic E-state index is -4.07. The molecule has 0 aliphatic carbocycles. The molecule has 4 nitrogen and oxygen atoms in total. The molecule has 0 radical (unpaired) electrons. The highest BCUT2D eigenvalue weighted by Gasteiger charge is 2.49. The molecule has 2 atom stereocenters. The van der Waals surface area contributed by atoms with Crippen molar-refractivity contribution in [3.8, 4) is 0 Å². The number of rotatable bonds is 5. The number of carboxylic acids is 1. The smallest absolute Gasteiger partial charge is 0.376 e. The predicted molar refractivity (Wildman–Crippen MR) is 72.8 cm³/mol. The van der Waals surface area contributed by atoms with Gasteiger partial charge in [-0.2, -0.15) is 8.78 Å². The van der Waals surface area contributed by atoms with E-state index in [2.05, 4.69) is 4.72 Å². The van der Waals surface area contributed by atoms with E-state index in [-0.39, 0.29) is 5.56 Å². The zero-order valence-corrected chi connectivity index (χ0v) is 12.2. The van der Waals surface area contributed by atoms with E-state index in [1.54, 1.807) is 26.8 Å². The minimum Gasteiger partial charge on any atom is -0.477 e. The molecule has 0 heterocycles. The van der Waals surface area contributed by atoms with Gasteiger partial charge in [0.15, 0.2) is 0 Å². The fourth-order valence-electron chi connectivity index (χ4n) is 1.40. The monoisotopic (exact) mass is 305 g/mol. The SMILES string of the molecule is CC(C)(C)[S@@](=O)N[C@H](c1ccccc1)C(F)(F)C(=O)O. The summed E-state index contributed by atoms with van der Waals surface area (Å²) in [4.78, 5) is 10.8. The van der Waals surface area contributed by atoms with Crippen LogP contribution in [0.1, 0.15) is 32.4 Å². The molecule has 1 aromatic rings.